The molecule has 22 heavy (non-hydrogen) atoms. The summed E-state index contributed by atoms with van der Waals surface area (Å²) in [6, 6.07) is 22.7. The monoisotopic (exact) mass is 354 g/mol. The van der Waals surface area contributed by atoms with Gasteiger partial charge in [-0.1, -0.05) is 58.4 Å². The van der Waals surface area contributed by atoms with Gasteiger partial charge in [0.2, 0.25) is 0 Å². The number of rotatable bonds is 4. The highest BCUT2D eigenvalue weighted by Crippen LogP contribution is 2.38. The maximum atomic E-state index is 5.88. The standard InChI is InChI=1S/C19H15BrO2/c20-16-8-6-15-11-17(9-7-14(15)10-16)21-12-18-19(22-18)13-4-2-1-3-5-13/h1-11,18-19H,12H2/t18-,19+/m1/s1. The van der Waals surface area contributed by atoms with Crippen molar-refractivity contribution in [2.45, 2.75) is 12.2 Å². The minimum atomic E-state index is 0.156. The number of epoxide rings is 1. The Hall–Kier alpha value is -1.84. The van der Waals surface area contributed by atoms with Gasteiger partial charge in [0, 0.05) is 4.47 Å². The molecule has 1 fully saturated rings. The molecule has 0 spiro atoms. The molecule has 0 radical (unpaired) electrons. The summed E-state index contributed by atoms with van der Waals surface area (Å²) in [4.78, 5) is 0. The summed E-state index contributed by atoms with van der Waals surface area (Å²) in [5.74, 6) is 0.886. The first-order valence-corrected chi connectivity index (χ1v) is 8.11. The Morgan fingerprint density at radius 3 is 2.55 bits per heavy atom. The Morgan fingerprint density at radius 2 is 1.68 bits per heavy atom. The van der Waals surface area contributed by atoms with Gasteiger partial charge in [0.1, 0.15) is 24.6 Å². The lowest BCUT2D eigenvalue weighted by Crippen LogP contribution is -2.05. The van der Waals surface area contributed by atoms with Crippen LogP contribution in [0.15, 0.2) is 71.2 Å². The lowest BCUT2D eigenvalue weighted by Gasteiger charge is -2.06. The second-order valence-corrected chi connectivity index (χ2v) is 6.39. The van der Waals surface area contributed by atoms with Crippen molar-refractivity contribution in [1.29, 1.82) is 0 Å². The van der Waals surface area contributed by atoms with Crippen molar-refractivity contribution in [2.24, 2.45) is 0 Å². The van der Waals surface area contributed by atoms with Gasteiger partial charge in [0.25, 0.3) is 0 Å². The van der Waals surface area contributed by atoms with E-state index in [9.17, 15) is 0 Å². The van der Waals surface area contributed by atoms with E-state index in [0.717, 1.165) is 10.2 Å². The largest absolute Gasteiger partial charge is 0.491 e. The van der Waals surface area contributed by atoms with Crippen LogP contribution >= 0.6 is 15.9 Å². The second kappa shape index (κ2) is 5.75. The number of hydrogen-bond acceptors (Lipinski definition) is 2. The number of benzene rings is 3. The van der Waals surface area contributed by atoms with Crippen LogP contribution in [0.25, 0.3) is 10.8 Å². The van der Waals surface area contributed by atoms with Crippen LogP contribution in [0.5, 0.6) is 5.75 Å². The zero-order chi connectivity index (χ0) is 14.9. The summed E-state index contributed by atoms with van der Waals surface area (Å²) >= 11 is 3.49. The quantitative estimate of drug-likeness (QED) is 0.606. The summed E-state index contributed by atoms with van der Waals surface area (Å²) in [6.45, 7) is 0.585. The van der Waals surface area contributed by atoms with E-state index in [1.165, 1.54) is 16.3 Å². The van der Waals surface area contributed by atoms with Crippen LogP contribution in [0.4, 0.5) is 0 Å². The zero-order valence-corrected chi connectivity index (χ0v) is 13.5. The highest BCUT2D eigenvalue weighted by Gasteiger charge is 2.40. The molecule has 0 unspecified atom stereocenters. The first kappa shape index (κ1) is 13.8. The normalized spacial score (nSPS) is 20.0. The van der Waals surface area contributed by atoms with E-state index in [0.29, 0.717) is 6.61 Å². The van der Waals surface area contributed by atoms with E-state index in [1.54, 1.807) is 0 Å². The minimum absolute atomic E-state index is 0.156. The van der Waals surface area contributed by atoms with Crippen molar-refractivity contribution in [1.82, 2.24) is 0 Å². The van der Waals surface area contributed by atoms with E-state index in [1.807, 2.05) is 30.3 Å². The molecule has 1 saturated heterocycles. The van der Waals surface area contributed by atoms with Crippen LogP contribution in [0.3, 0.4) is 0 Å². The molecule has 0 amide bonds. The molecule has 0 saturated carbocycles. The predicted octanol–water partition coefficient (Wildman–Crippen LogP) is 5.12. The third kappa shape index (κ3) is 2.87. The summed E-state index contributed by atoms with van der Waals surface area (Å²) < 4.78 is 12.7. The molecule has 0 aromatic heterocycles. The van der Waals surface area contributed by atoms with E-state index in [2.05, 4.69) is 52.3 Å². The van der Waals surface area contributed by atoms with Gasteiger partial charge in [-0.15, -0.1) is 0 Å². The molecule has 0 N–H and O–H groups in total. The van der Waals surface area contributed by atoms with Gasteiger partial charge in [0.15, 0.2) is 0 Å². The Labute approximate surface area is 137 Å². The maximum absolute atomic E-state index is 5.88. The van der Waals surface area contributed by atoms with Gasteiger partial charge in [-0.2, -0.15) is 0 Å². The summed E-state index contributed by atoms with van der Waals surface area (Å²) in [5, 5.41) is 2.38. The average Bonchev–Trinajstić information content (AvgIpc) is 3.33. The van der Waals surface area contributed by atoms with Gasteiger partial charge in [-0.25, -0.2) is 0 Å². The summed E-state index contributed by atoms with van der Waals surface area (Å²) in [6.07, 6.45) is 0.334. The van der Waals surface area contributed by atoms with Crippen LogP contribution in [-0.4, -0.2) is 12.7 Å². The predicted molar refractivity (Wildman–Crippen MR) is 91.2 cm³/mol. The van der Waals surface area contributed by atoms with E-state index in [4.69, 9.17) is 9.47 Å². The Bertz CT molecular complexity index is 801. The molecule has 110 valence electrons. The molecule has 1 heterocycles. The fraction of sp³-hybridized carbons (Fsp3) is 0.158. The van der Waals surface area contributed by atoms with Crippen molar-refractivity contribution >= 4 is 26.7 Å². The van der Waals surface area contributed by atoms with Crippen LogP contribution in [0.1, 0.15) is 11.7 Å². The van der Waals surface area contributed by atoms with Crippen molar-refractivity contribution in [3.8, 4) is 5.75 Å². The highest BCUT2D eigenvalue weighted by molar-refractivity contribution is 9.10. The molecular weight excluding hydrogens is 340 g/mol. The van der Waals surface area contributed by atoms with Gasteiger partial charge in [-0.05, 0) is 40.6 Å². The summed E-state index contributed by atoms with van der Waals surface area (Å²) in [5.41, 5.74) is 1.22. The Balaban J connectivity index is 1.41. The number of ether oxygens (including phenoxy) is 2. The lowest BCUT2D eigenvalue weighted by molar-refractivity contribution is 0.260. The molecule has 2 nitrogen and oxygen atoms in total. The fourth-order valence-electron chi connectivity index (χ4n) is 2.67. The van der Waals surface area contributed by atoms with Crippen LogP contribution in [-0.2, 0) is 4.74 Å². The Kier molecular flexibility index (Phi) is 3.60. The van der Waals surface area contributed by atoms with E-state index < -0.39 is 0 Å². The molecule has 2 atom stereocenters. The zero-order valence-electron chi connectivity index (χ0n) is 11.9. The first-order chi connectivity index (χ1) is 10.8. The SMILES string of the molecule is Brc1ccc2cc(OC[C@H]3O[C@H]3c3ccccc3)ccc2c1. The fourth-order valence-corrected chi connectivity index (χ4v) is 3.05. The molecule has 3 aromatic rings. The smallest absolute Gasteiger partial charge is 0.123 e. The molecule has 0 bridgehead atoms. The van der Waals surface area contributed by atoms with Crippen LogP contribution in [0, 0.1) is 0 Å². The first-order valence-electron chi connectivity index (χ1n) is 7.32. The molecular formula is C19H15BrO2. The molecule has 3 aromatic carbocycles. The number of hydrogen-bond donors (Lipinski definition) is 0. The number of fused-ring (bicyclic) bond motifs is 1. The lowest BCUT2D eigenvalue weighted by atomic mass is 10.1. The minimum Gasteiger partial charge on any atom is -0.491 e. The van der Waals surface area contributed by atoms with Crippen LogP contribution in [0.2, 0.25) is 0 Å². The third-order valence-corrected chi connectivity index (χ3v) is 4.39. The summed E-state index contributed by atoms with van der Waals surface area (Å²) in [7, 11) is 0. The molecule has 4 rings (SSSR count). The van der Waals surface area contributed by atoms with Gasteiger partial charge >= 0.3 is 0 Å². The van der Waals surface area contributed by atoms with Crippen LogP contribution < -0.4 is 4.74 Å². The molecule has 3 heteroatoms. The highest BCUT2D eigenvalue weighted by atomic mass is 79.9. The maximum Gasteiger partial charge on any atom is 0.123 e. The van der Waals surface area contributed by atoms with Gasteiger partial charge in [-0.3, -0.25) is 0 Å². The Morgan fingerprint density at radius 1 is 0.909 bits per heavy atom. The second-order valence-electron chi connectivity index (χ2n) is 5.47. The molecule has 1 aliphatic rings. The molecule has 1 aliphatic heterocycles. The van der Waals surface area contributed by atoms with Crippen molar-refractivity contribution in [3.63, 3.8) is 0 Å². The third-order valence-electron chi connectivity index (χ3n) is 3.90. The van der Waals surface area contributed by atoms with Crippen molar-refractivity contribution in [3.05, 3.63) is 76.8 Å². The van der Waals surface area contributed by atoms with Crippen molar-refractivity contribution < 1.29 is 9.47 Å². The molecule has 0 aliphatic carbocycles. The van der Waals surface area contributed by atoms with E-state index in [-0.39, 0.29) is 12.2 Å². The topological polar surface area (TPSA) is 21.8 Å². The van der Waals surface area contributed by atoms with Gasteiger partial charge < -0.3 is 9.47 Å². The average molecular weight is 355 g/mol. The van der Waals surface area contributed by atoms with E-state index >= 15 is 0 Å². The van der Waals surface area contributed by atoms with Crippen molar-refractivity contribution in [2.75, 3.05) is 6.61 Å². The van der Waals surface area contributed by atoms with Gasteiger partial charge in [0.05, 0.1) is 0 Å². The number of halogens is 1.